The number of carbonyl (C=O) groups is 2. The predicted octanol–water partition coefficient (Wildman–Crippen LogP) is 3.72. The number of aromatic carboxylic acids is 1. The van der Waals surface area contributed by atoms with Gasteiger partial charge in [-0.1, -0.05) is 48.5 Å². The molecule has 0 atom stereocenters. The minimum Gasteiger partial charge on any atom is -0.475 e. The Kier molecular flexibility index (Phi) is 4.08. The maximum atomic E-state index is 12.5. The van der Waals surface area contributed by atoms with Gasteiger partial charge in [0.1, 0.15) is 6.61 Å². The van der Waals surface area contributed by atoms with Crippen molar-refractivity contribution in [1.29, 1.82) is 0 Å². The fourth-order valence-corrected chi connectivity index (χ4v) is 4.04. The summed E-state index contributed by atoms with van der Waals surface area (Å²) in [7, 11) is 0. The van der Waals surface area contributed by atoms with Crippen LogP contribution in [0.2, 0.25) is 0 Å². The Balaban J connectivity index is 1.22. The van der Waals surface area contributed by atoms with Gasteiger partial charge >= 0.3 is 12.1 Å². The monoisotopic (exact) mass is 390 g/mol. The standard InChI is InChI=1S/C22H18N2O5/c25-21(26)19-9-23-20(29-19)13-10-24(11-13)22(27)28-12-18-16-7-3-1-5-14(16)15-6-2-4-8-17(15)18/h1-9,13,18H,10-12H2,(H,25,26). The second-order valence-corrected chi connectivity index (χ2v) is 7.27. The van der Waals surface area contributed by atoms with Gasteiger partial charge in [-0.2, -0.15) is 0 Å². The third-order valence-electron chi connectivity index (χ3n) is 5.56. The molecule has 1 fully saturated rings. The number of aromatic nitrogens is 1. The fourth-order valence-electron chi connectivity index (χ4n) is 4.04. The molecule has 1 saturated heterocycles. The number of likely N-dealkylation sites (tertiary alicyclic amines) is 1. The van der Waals surface area contributed by atoms with Gasteiger partial charge in [0, 0.05) is 19.0 Å². The predicted molar refractivity (Wildman–Crippen MR) is 103 cm³/mol. The SMILES string of the molecule is O=C(O)c1cnc(C2CN(C(=O)OCC3c4ccccc4-c4ccccc43)C2)o1. The van der Waals surface area contributed by atoms with E-state index in [1.807, 2.05) is 24.3 Å². The highest BCUT2D eigenvalue weighted by molar-refractivity contribution is 5.83. The van der Waals surface area contributed by atoms with E-state index in [1.54, 1.807) is 4.90 Å². The third kappa shape index (κ3) is 2.95. The molecule has 1 amide bonds. The summed E-state index contributed by atoms with van der Waals surface area (Å²) in [5, 5.41) is 8.91. The summed E-state index contributed by atoms with van der Waals surface area (Å²) < 4.78 is 10.8. The van der Waals surface area contributed by atoms with Crippen molar-refractivity contribution in [3.63, 3.8) is 0 Å². The number of ether oxygens (including phenoxy) is 1. The van der Waals surface area contributed by atoms with E-state index in [2.05, 4.69) is 29.2 Å². The first-order valence-corrected chi connectivity index (χ1v) is 9.40. The van der Waals surface area contributed by atoms with Gasteiger partial charge < -0.3 is 19.2 Å². The number of amides is 1. The van der Waals surface area contributed by atoms with Crippen molar-refractivity contribution in [1.82, 2.24) is 9.88 Å². The van der Waals surface area contributed by atoms with Gasteiger partial charge in [0.05, 0.1) is 12.1 Å². The number of carboxylic acids is 1. The van der Waals surface area contributed by atoms with Crippen molar-refractivity contribution in [2.75, 3.05) is 19.7 Å². The number of benzene rings is 2. The van der Waals surface area contributed by atoms with E-state index in [1.165, 1.54) is 28.5 Å². The molecule has 1 aliphatic carbocycles. The van der Waals surface area contributed by atoms with Gasteiger partial charge in [0.15, 0.2) is 0 Å². The van der Waals surface area contributed by atoms with Gasteiger partial charge in [-0.3, -0.25) is 0 Å². The summed E-state index contributed by atoms with van der Waals surface area (Å²) in [6.45, 7) is 1.07. The number of rotatable bonds is 4. The van der Waals surface area contributed by atoms with Crippen molar-refractivity contribution in [3.8, 4) is 11.1 Å². The molecule has 2 aliphatic rings. The lowest BCUT2D eigenvalue weighted by Crippen LogP contribution is -2.49. The fraction of sp³-hybridized carbons (Fsp3) is 0.227. The number of hydrogen-bond donors (Lipinski definition) is 1. The van der Waals surface area contributed by atoms with Crippen LogP contribution in [0.4, 0.5) is 4.79 Å². The molecule has 0 spiro atoms. The van der Waals surface area contributed by atoms with Crippen LogP contribution < -0.4 is 0 Å². The molecule has 0 unspecified atom stereocenters. The molecule has 2 aromatic carbocycles. The highest BCUT2D eigenvalue weighted by Gasteiger charge is 2.37. The molecular weight excluding hydrogens is 372 g/mol. The van der Waals surface area contributed by atoms with Crippen LogP contribution >= 0.6 is 0 Å². The Labute approximate surface area is 166 Å². The van der Waals surface area contributed by atoms with E-state index in [4.69, 9.17) is 14.3 Å². The highest BCUT2D eigenvalue weighted by Crippen LogP contribution is 2.44. The van der Waals surface area contributed by atoms with Crippen LogP contribution in [0.1, 0.15) is 39.4 Å². The molecule has 0 radical (unpaired) electrons. The van der Waals surface area contributed by atoms with E-state index < -0.39 is 5.97 Å². The van der Waals surface area contributed by atoms with E-state index >= 15 is 0 Å². The number of carboxylic acid groups (broad SMARTS) is 1. The second kappa shape index (κ2) is 6.77. The maximum absolute atomic E-state index is 12.5. The normalized spacial score (nSPS) is 15.5. The number of hydrogen-bond acceptors (Lipinski definition) is 5. The molecule has 146 valence electrons. The Morgan fingerprint density at radius 2 is 1.69 bits per heavy atom. The lowest BCUT2D eigenvalue weighted by Gasteiger charge is -2.36. The quantitative estimate of drug-likeness (QED) is 0.730. The molecule has 2 heterocycles. The van der Waals surface area contributed by atoms with Crippen molar-refractivity contribution >= 4 is 12.1 Å². The Hall–Kier alpha value is -3.61. The van der Waals surface area contributed by atoms with Crippen LogP contribution in [-0.2, 0) is 4.74 Å². The number of fused-ring (bicyclic) bond motifs is 3. The first-order valence-electron chi connectivity index (χ1n) is 9.40. The van der Waals surface area contributed by atoms with Crippen molar-refractivity contribution in [2.45, 2.75) is 11.8 Å². The summed E-state index contributed by atoms with van der Waals surface area (Å²) in [4.78, 5) is 28.9. The minimum atomic E-state index is -1.16. The molecule has 7 heteroatoms. The van der Waals surface area contributed by atoms with E-state index in [9.17, 15) is 9.59 Å². The van der Waals surface area contributed by atoms with Gasteiger partial charge in [0.2, 0.25) is 11.7 Å². The molecule has 1 aliphatic heterocycles. The zero-order valence-electron chi connectivity index (χ0n) is 15.4. The molecule has 3 aromatic rings. The molecule has 1 aromatic heterocycles. The van der Waals surface area contributed by atoms with Crippen LogP contribution in [0.5, 0.6) is 0 Å². The lowest BCUT2D eigenvalue weighted by molar-refractivity contribution is 0.0601. The van der Waals surface area contributed by atoms with Crippen molar-refractivity contribution < 1.29 is 23.8 Å². The molecule has 1 N–H and O–H groups in total. The Morgan fingerprint density at radius 3 is 2.28 bits per heavy atom. The molecule has 0 saturated carbocycles. The minimum absolute atomic E-state index is 0.0216. The summed E-state index contributed by atoms with van der Waals surface area (Å²) in [5.41, 5.74) is 4.71. The number of carbonyl (C=O) groups excluding carboxylic acids is 1. The van der Waals surface area contributed by atoms with Gasteiger partial charge in [-0.15, -0.1) is 0 Å². The first kappa shape index (κ1) is 17.5. The van der Waals surface area contributed by atoms with Crippen molar-refractivity contribution in [2.24, 2.45) is 0 Å². The molecule has 5 rings (SSSR count). The van der Waals surface area contributed by atoms with Crippen LogP contribution in [0.25, 0.3) is 11.1 Å². The second-order valence-electron chi connectivity index (χ2n) is 7.27. The largest absolute Gasteiger partial charge is 0.475 e. The number of nitrogens with zero attached hydrogens (tertiary/aromatic N) is 2. The van der Waals surface area contributed by atoms with Crippen LogP contribution in [-0.4, -0.2) is 46.7 Å². The topological polar surface area (TPSA) is 92.9 Å². The summed E-state index contributed by atoms with van der Waals surface area (Å²) in [6.07, 6.45) is 0.807. The molecule has 29 heavy (non-hydrogen) atoms. The summed E-state index contributed by atoms with van der Waals surface area (Å²) in [6, 6.07) is 16.4. The molecule has 0 bridgehead atoms. The summed E-state index contributed by atoms with van der Waals surface area (Å²) in [5.74, 6) is -1.10. The van der Waals surface area contributed by atoms with E-state index in [0.717, 1.165) is 0 Å². The van der Waals surface area contributed by atoms with Gasteiger partial charge in [-0.05, 0) is 22.3 Å². The maximum Gasteiger partial charge on any atom is 0.409 e. The van der Waals surface area contributed by atoms with E-state index in [0.29, 0.717) is 19.0 Å². The van der Waals surface area contributed by atoms with Crippen LogP contribution in [0, 0.1) is 0 Å². The van der Waals surface area contributed by atoms with Gasteiger partial charge in [0.25, 0.3) is 0 Å². The van der Waals surface area contributed by atoms with Crippen LogP contribution in [0.3, 0.4) is 0 Å². The summed E-state index contributed by atoms with van der Waals surface area (Å²) >= 11 is 0. The molecule has 7 nitrogen and oxygen atoms in total. The third-order valence-corrected chi connectivity index (χ3v) is 5.56. The molecular formula is C22H18N2O5. The van der Waals surface area contributed by atoms with E-state index in [-0.39, 0.29) is 30.3 Å². The average molecular weight is 390 g/mol. The van der Waals surface area contributed by atoms with Gasteiger partial charge in [-0.25, -0.2) is 14.6 Å². The lowest BCUT2D eigenvalue weighted by atomic mass is 9.98. The first-order chi connectivity index (χ1) is 14.1. The highest BCUT2D eigenvalue weighted by atomic mass is 16.6. The Bertz CT molecular complexity index is 1050. The van der Waals surface area contributed by atoms with Crippen molar-refractivity contribution in [3.05, 3.63) is 77.5 Å². The smallest absolute Gasteiger partial charge is 0.409 e. The number of oxazole rings is 1. The van der Waals surface area contributed by atoms with Crippen LogP contribution in [0.15, 0.2) is 59.1 Å². The zero-order chi connectivity index (χ0) is 20.0. The zero-order valence-corrected chi connectivity index (χ0v) is 15.4. The Morgan fingerprint density at radius 1 is 1.07 bits per heavy atom. The average Bonchev–Trinajstić information content (AvgIpc) is 3.29.